The molecule has 0 radical (unpaired) electrons. The second kappa shape index (κ2) is 8.72. The summed E-state index contributed by atoms with van der Waals surface area (Å²) in [7, 11) is 0. The Morgan fingerprint density at radius 2 is 1.97 bits per heavy atom. The van der Waals surface area contributed by atoms with Gasteiger partial charge in [0.1, 0.15) is 0 Å². The van der Waals surface area contributed by atoms with E-state index >= 15 is 0 Å². The molecule has 0 aliphatic carbocycles. The van der Waals surface area contributed by atoms with Crippen molar-refractivity contribution in [3.05, 3.63) is 58.6 Å². The first-order valence-corrected chi connectivity index (χ1v) is 11.4. The van der Waals surface area contributed by atoms with E-state index in [-0.39, 0.29) is 5.91 Å². The molecule has 4 heterocycles. The molecule has 158 valence electrons. The largest absolute Gasteiger partial charge is 0.343 e. The maximum Gasteiger partial charge on any atom is 0.227 e. The van der Waals surface area contributed by atoms with Gasteiger partial charge in [-0.05, 0) is 43.2 Å². The molecule has 3 aromatic heterocycles. The summed E-state index contributed by atoms with van der Waals surface area (Å²) < 4.78 is 6.46. The van der Waals surface area contributed by atoms with Crippen molar-refractivity contribution in [2.24, 2.45) is 0 Å². The Bertz CT molecular complexity index is 1200. The zero-order chi connectivity index (χ0) is 21.2. The Morgan fingerprint density at radius 1 is 1.16 bits per heavy atom. The van der Waals surface area contributed by atoms with Crippen LogP contribution in [0.5, 0.6) is 0 Å². The number of aryl methyl sites for hydroxylation is 1. The number of amides is 1. The van der Waals surface area contributed by atoms with Gasteiger partial charge in [-0.15, -0.1) is 11.3 Å². The predicted molar refractivity (Wildman–Crippen MR) is 119 cm³/mol. The second-order valence-electron chi connectivity index (χ2n) is 7.57. The number of hydrogen-bond acceptors (Lipinski definition) is 7. The molecule has 9 heteroatoms. The summed E-state index contributed by atoms with van der Waals surface area (Å²) in [6.07, 6.45) is 6.01. The van der Waals surface area contributed by atoms with E-state index in [0.29, 0.717) is 35.5 Å². The third-order valence-corrected chi connectivity index (χ3v) is 6.96. The van der Waals surface area contributed by atoms with Crippen LogP contribution >= 0.6 is 22.9 Å². The van der Waals surface area contributed by atoms with Crippen molar-refractivity contribution in [2.45, 2.75) is 31.6 Å². The minimum Gasteiger partial charge on any atom is -0.343 e. The van der Waals surface area contributed by atoms with Crippen molar-refractivity contribution in [2.75, 3.05) is 13.1 Å². The number of rotatable bonds is 5. The Balaban J connectivity index is 1.14. The van der Waals surface area contributed by atoms with E-state index in [1.165, 1.54) is 0 Å². The van der Waals surface area contributed by atoms with Crippen LogP contribution < -0.4 is 0 Å². The number of thiazole rings is 1. The third-order valence-electron chi connectivity index (χ3n) is 5.52. The molecule has 4 aromatic rings. The number of hydrogen-bond donors (Lipinski definition) is 0. The topological polar surface area (TPSA) is 85.0 Å². The van der Waals surface area contributed by atoms with Gasteiger partial charge in [-0.3, -0.25) is 9.78 Å². The van der Waals surface area contributed by atoms with Gasteiger partial charge in [-0.2, -0.15) is 4.98 Å². The van der Waals surface area contributed by atoms with Gasteiger partial charge >= 0.3 is 0 Å². The number of aromatic nitrogens is 4. The number of halogens is 1. The van der Waals surface area contributed by atoms with Crippen molar-refractivity contribution < 1.29 is 9.32 Å². The fourth-order valence-corrected chi connectivity index (χ4v) is 5.10. The lowest BCUT2D eigenvalue weighted by molar-refractivity contribution is -0.132. The molecule has 31 heavy (non-hydrogen) atoms. The summed E-state index contributed by atoms with van der Waals surface area (Å²) in [5, 5.41) is 5.84. The fourth-order valence-electron chi connectivity index (χ4n) is 3.82. The van der Waals surface area contributed by atoms with E-state index in [9.17, 15) is 4.79 Å². The highest BCUT2D eigenvalue weighted by Gasteiger charge is 2.26. The molecule has 1 aliphatic heterocycles. The first-order chi connectivity index (χ1) is 15.2. The highest BCUT2D eigenvalue weighted by atomic mass is 35.5. The molecule has 0 N–H and O–H groups in total. The van der Waals surface area contributed by atoms with Crippen molar-refractivity contribution >= 4 is 39.1 Å². The molecule has 0 spiro atoms. The van der Waals surface area contributed by atoms with Gasteiger partial charge in [0.05, 0.1) is 15.2 Å². The summed E-state index contributed by atoms with van der Waals surface area (Å²) in [5.74, 6) is 1.50. The van der Waals surface area contributed by atoms with Crippen LogP contribution in [0.3, 0.4) is 0 Å². The predicted octanol–water partition coefficient (Wildman–Crippen LogP) is 4.73. The molecule has 0 atom stereocenters. The summed E-state index contributed by atoms with van der Waals surface area (Å²) in [5.41, 5.74) is 1.80. The van der Waals surface area contributed by atoms with Crippen molar-refractivity contribution in [3.63, 3.8) is 0 Å². The van der Waals surface area contributed by atoms with Gasteiger partial charge in [0.15, 0.2) is 0 Å². The van der Waals surface area contributed by atoms with E-state index in [4.69, 9.17) is 21.1 Å². The van der Waals surface area contributed by atoms with Crippen molar-refractivity contribution in [3.8, 4) is 11.4 Å². The molecule has 1 amide bonds. The number of pyridine rings is 1. The van der Waals surface area contributed by atoms with Gasteiger partial charge < -0.3 is 9.42 Å². The van der Waals surface area contributed by atoms with Crippen LogP contribution in [0.4, 0.5) is 0 Å². The summed E-state index contributed by atoms with van der Waals surface area (Å²) in [6.45, 7) is 1.48. The highest BCUT2D eigenvalue weighted by Crippen LogP contribution is 2.34. The van der Waals surface area contributed by atoms with Crippen LogP contribution in [-0.2, 0) is 11.2 Å². The summed E-state index contributed by atoms with van der Waals surface area (Å²) >= 11 is 7.80. The zero-order valence-electron chi connectivity index (χ0n) is 16.7. The van der Waals surface area contributed by atoms with Crippen LogP contribution in [0, 0.1) is 0 Å². The normalized spacial score (nSPS) is 14.9. The lowest BCUT2D eigenvalue weighted by Crippen LogP contribution is -2.38. The van der Waals surface area contributed by atoms with Crippen LogP contribution in [0.15, 0.2) is 47.2 Å². The average Bonchev–Trinajstić information content (AvgIpc) is 3.45. The average molecular weight is 454 g/mol. The van der Waals surface area contributed by atoms with Gasteiger partial charge in [-0.25, -0.2) is 4.98 Å². The lowest BCUT2D eigenvalue weighted by Gasteiger charge is -2.31. The van der Waals surface area contributed by atoms with Crippen LogP contribution in [0.2, 0.25) is 5.02 Å². The number of fused-ring (bicyclic) bond motifs is 1. The van der Waals surface area contributed by atoms with Gasteiger partial charge in [0, 0.05) is 54.8 Å². The van der Waals surface area contributed by atoms with Gasteiger partial charge in [0.2, 0.25) is 17.6 Å². The molecular formula is C22H20ClN5O2S. The van der Waals surface area contributed by atoms with Gasteiger partial charge in [-0.1, -0.05) is 16.8 Å². The summed E-state index contributed by atoms with van der Waals surface area (Å²) in [4.78, 5) is 27.7. The maximum atomic E-state index is 12.7. The Morgan fingerprint density at radius 3 is 2.77 bits per heavy atom. The van der Waals surface area contributed by atoms with Crippen molar-refractivity contribution in [1.82, 2.24) is 25.0 Å². The summed E-state index contributed by atoms with van der Waals surface area (Å²) in [6, 6.07) is 9.48. The molecule has 1 aromatic carbocycles. The molecule has 0 unspecified atom stereocenters. The van der Waals surface area contributed by atoms with E-state index in [2.05, 4.69) is 15.1 Å². The second-order valence-corrected chi connectivity index (χ2v) is 9.07. The molecule has 0 saturated carbocycles. The molecular weight excluding hydrogens is 434 g/mol. The van der Waals surface area contributed by atoms with Crippen LogP contribution in [-0.4, -0.2) is 44.0 Å². The Hall–Kier alpha value is -2.84. The number of benzene rings is 1. The fraction of sp³-hybridized carbons (Fsp3) is 0.318. The molecule has 0 bridgehead atoms. The van der Waals surface area contributed by atoms with Crippen LogP contribution in [0.25, 0.3) is 21.6 Å². The monoisotopic (exact) mass is 453 g/mol. The number of carbonyl (C=O) groups excluding carboxylic acids is 1. The SMILES string of the molecule is O=C(CCc1nc(-c2ccncc2)no1)N1CCC(c2nc3cc(Cl)ccc3s2)CC1. The van der Waals surface area contributed by atoms with Crippen LogP contribution in [0.1, 0.15) is 36.1 Å². The molecule has 1 aliphatic rings. The van der Waals surface area contributed by atoms with E-state index < -0.39 is 0 Å². The highest BCUT2D eigenvalue weighted by molar-refractivity contribution is 7.18. The van der Waals surface area contributed by atoms with E-state index in [1.54, 1.807) is 23.7 Å². The first kappa shape index (κ1) is 20.1. The molecule has 7 nitrogen and oxygen atoms in total. The standard InChI is InChI=1S/C22H20ClN5O2S/c23-16-1-2-18-17(13-16)25-22(31-18)15-7-11-28(12-8-15)20(29)4-3-19-26-21(27-30-19)14-5-9-24-10-6-14/h1-2,5-6,9-10,13,15H,3-4,7-8,11-12H2. The smallest absolute Gasteiger partial charge is 0.227 e. The zero-order valence-corrected chi connectivity index (χ0v) is 18.3. The minimum absolute atomic E-state index is 0.123. The molecule has 1 fully saturated rings. The maximum absolute atomic E-state index is 12.7. The number of carbonyl (C=O) groups is 1. The number of likely N-dealkylation sites (tertiary alicyclic amines) is 1. The van der Waals surface area contributed by atoms with Gasteiger partial charge in [0.25, 0.3) is 0 Å². The minimum atomic E-state index is 0.123. The number of nitrogens with zero attached hydrogens (tertiary/aromatic N) is 5. The lowest BCUT2D eigenvalue weighted by atomic mass is 9.97. The quantitative estimate of drug-likeness (QED) is 0.434. The Labute approximate surface area is 188 Å². The van der Waals surface area contributed by atoms with E-state index in [1.807, 2.05) is 35.2 Å². The Kier molecular flexibility index (Phi) is 5.65. The van der Waals surface area contributed by atoms with E-state index in [0.717, 1.165) is 46.7 Å². The van der Waals surface area contributed by atoms with Crippen molar-refractivity contribution in [1.29, 1.82) is 0 Å². The third kappa shape index (κ3) is 4.45. The molecule has 1 saturated heterocycles. The number of piperidine rings is 1. The first-order valence-electron chi connectivity index (χ1n) is 10.2. The molecule has 5 rings (SSSR count).